The first-order valence-corrected chi connectivity index (χ1v) is 6.56. The minimum atomic E-state index is 0.0286. The largest absolute Gasteiger partial charge is 0.437 e. The number of aliphatic hydroxyl groups excluding tert-OH is 1. The van der Waals surface area contributed by atoms with Crippen LogP contribution < -0.4 is 10.1 Å². The maximum atomic E-state index is 9.07. The van der Waals surface area contributed by atoms with E-state index in [0.717, 1.165) is 11.3 Å². The highest BCUT2D eigenvalue weighted by molar-refractivity contribution is 5.34. The third kappa shape index (κ3) is 3.34. The van der Waals surface area contributed by atoms with Gasteiger partial charge in [0, 0.05) is 25.8 Å². The van der Waals surface area contributed by atoms with E-state index < -0.39 is 0 Å². The molecule has 0 amide bonds. The summed E-state index contributed by atoms with van der Waals surface area (Å²) in [5.41, 5.74) is 1.89. The Kier molecular flexibility index (Phi) is 4.70. The van der Waals surface area contributed by atoms with Crippen molar-refractivity contribution in [2.24, 2.45) is 7.05 Å². The molecule has 0 aliphatic rings. The Morgan fingerprint density at radius 2 is 2.30 bits per heavy atom. The number of hydrogen-bond acceptors (Lipinski definition) is 5. The first-order chi connectivity index (χ1) is 9.61. The summed E-state index contributed by atoms with van der Waals surface area (Å²) in [4.78, 5) is 4.03. The van der Waals surface area contributed by atoms with E-state index in [1.807, 2.05) is 33.0 Å². The van der Waals surface area contributed by atoms with Crippen molar-refractivity contribution in [3.8, 4) is 11.6 Å². The van der Waals surface area contributed by atoms with Gasteiger partial charge in [-0.05, 0) is 26.0 Å². The zero-order chi connectivity index (χ0) is 14.5. The molecule has 6 nitrogen and oxygen atoms in total. The number of nitrogens with one attached hydrogen (secondary N) is 1. The topological polar surface area (TPSA) is 72.2 Å². The average Bonchev–Trinajstić information content (AvgIpc) is 2.72. The van der Waals surface area contributed by atoms with E-state index in [4.69, 9.17) is 9.84 Å². The van der Waals surface area contributed by atoms with Crippen molar-refractivity contribution < 1.29 is 9.84 Å². The van der Waals surface area contributed by atoms with E-state index in [9.17, 15) is 0 Å². The van der Waals surface area contributed by atoms with E-state index >= 15 is 0 Å². The summed E-state index contributed by atoms with van der Waals surface area (Å²) in [6.07, 6.45) is 3.36. The number of ether oxygens (including phenoxy) is 1. The Hall–Kier alpha value is -1.92. The standard InChI is InChI=1S/C14H20N4O2/c1-10(9-19)16-8-13-11(2)17-18(3)14(13)20-12-5-4-6-15-7-12/h4-7,10,16,19H,8-9H2,1-3H3. The fourth-order valence-corrected chi connectivity index (χ4v) is 1.87. The van der Waals surface area contributed by atoms with Gasteiger partial charge in [-0.3, -0.25) is 4.98 Å². The van der Waals surface area contributed by atoms with Gasteiger partial charge >= 0.3 is 0 Å². The van der Waals surface area contributed by atoms with Crippen molar-refractivity contribution in [2.45, 2.75) is 26.4 Å². The number of pyridine rings is 1. The number of hydrogen-bond donors (Lipinski definition) is 2. The summed E-state index contributed by atoms with van der Waals surface area (Å²) in [6, 6.07) is 3.70. The molecule has 108 valence electrons. The van der Waals surface area contributed by atoms with E-state index in [0.29, 0.717) is 18.2 Å². The molecule has 2 rings (SSSR count). The molecular formula is C14H20N4O2. The van der Waals surface area contributed by atoms with Crippen LogP contribution in [0.2, 0.25) is 0 Å². The molecule has 2 aromatic rings. The second-order valence-corrected chi connectivity index (χ2v) is 4.75. The van der Waals surface area contributed by atoms with Crippen molar-refractivity contribution in [3.63, 3.8) is 0 Å². The van der Waals surface area contributed by atoms with Crippen LogP contribution in [0.25, 0.3) is 0 Å². The van der Waals surface area contributed by atoms with E-state index in [1.54, 1.807) is 17.1 Å². The first-order valence-electron chi connectivity index (χ1n) is 6.56. The van der Waals surface area contributed by atoms with Crippen LogP contribution in [0.15, 0.2) is 24.5 Å². The Balaban J connectivity index is 2.19. The molecular weight excluding hydrogens is 256 g/mol. The lowest BCUT2D eigenvalue weighted by Gasteiger charge is -2.12. The predicted octanol–water partition coefficient (Wildman–Crippen LogP) is 1.39. The number of aromatic nitrogens is 3. The van der Waals surface area contributed by atoms with Gasteiger partial charge in [0.1, 0.15) is 5.75 Å². The van der Waals surface area contributed by atoms with Gasteiger partial charge in [-0.15, -0.1) is 0 Å². The summed E-state index contributed by atoms with van der Waals surface area (Å²) >= 11 is 0. The highest BCUT2D eigenvalue weighted by Crippen LogP contribution is 2.26. The maximum Gasteiger partial charge on any atom is 0.222 e. The van der Waals surface area contributed by atoms with Crippen LogP contribution in [0, 0.1) is 6.92 Å². The molecule has 0 aliphatic heterocycles. The summed E-state index contributed by atoms with van der Waals surface area (Å²) < 4.78 is 7.57. The van der Waals surface area contributed by atoms with Gasteiger partial charge in [0.05, 0.1) is 24.1 Å². The lowest BCUT2D eigenvalue weighted by Crippen LogP contribution is -2.28. The fraction of sp³-hybridized carbons (Fsp3) is 0.429. The van der Waals surface area contributed by atoms with Crippen molar-refractivity contribution in [1.82, 2.24) is 20.1 Å². The molecule has 0 bridgehead atoms. The first kappa shape index (κ1) is 14.5. The van der Waals surface area contributed by atoms with Crippen molar-refractivity contribution in [1.29, 1.82) is 0 Å². The zero-order valence-electron chi connectivity index (χ0n) is 12.0. The highest BCUT2D eigenvalue weighted by Gasteiger charge is 2.16. The number of rotatable bonds is 6. The smallest absolute Gasteiger partial charge is 0.222 e. The van der Waals surface area contributed by atoms with Crippen LogP contribution >= 0.6 is 0 Å². The number of aliphatic hydroxyl groups is 1. The average molecular weight is 276 g/mol. The van der Waals surface area contributed by atoms with Gasteiger partial charge in [-0.25, -0.2) is 4.68 Å². The van der Waals surface area contributed by atoms with Gasteiger partial charge in [0.2, 0.25) is 5.88 Å². The van der Waals surface area contributed by atoms with Gasteiger partial charge in [0.25, 0.3) is 0 Å². The second kappa shape index (κ2) is 6.49. The van der Waals surface area contributed by atoms with Crippen LogP contribution in [0.1, 0.15) is 18.2 Å². The van der Waals surface area contributed by atoms with Gasteiger partial charge in [-0.2, -0.15) is 5.10 Å². The van der Waals surface area contributed by atoms with Crippen LogP contribution in [0.3, 0.4) is 0 Å². The van der Waals surface area contributed by atoms with E-state index in [2.05, 4.69) is 15.4 Å². The van der Waals surface area contributed by atoms with Crippen molar-refractivity contribution in [2.75, 3.05) is 6.61 Å². The molecule has 0 radical (unpaired) electrons. The Labute approximate surface area is 118 Å². The summed E-state index contributed by atoms with van der Waals surface area (Å²) in [5, 5.41) is 16.7. The second-order valence-electron chi connectivity index (χ2n) is 4.75. The van der Waals surface area contributed by atoms with E-state index in [-0.39, 0.29) is 12.6 Å². The lowest BCUT2D eigenvalue weighted by atomic mass is 10.2. The maximum absolute atomic E-state index is 9.07. The molecule has 1 atom stereocenters. The molecule has 1 unspecified atom stereocenters. The van der Waals surface area contributed by atoms with Crippen LogP contribution in [-0.4, -0.2) is 32.5 Å². The molecule has 2 N–H and O–H groups in total. The lowest BCUT2D eigenvalue weighted by molar-refractivity contribution is 0.250. The minimum absolute atomic E-state index is 0.0286. The van der Waals surface area contributed by atoms with Crippen LogP contribution in [0.4, 0.5) is 0 Å². The molecule has 0 saturated carbocycles. The predicted molar refractivity (Wildman–Crippen MR) is 75.6 cm³/mol. The van der Waals surface area contributed by atoms with E-state index in [1.165, 1.54) is 0 Å². The molecule has 0 saturated heterocycles. The fourth-order valence-electron chi connectivity index (χ4n) is 1.87. The number of aryl methyl sites for hydroxylation is 2. The molecule has 2 aromatic heterocycles. The SMILES string of the molecule is Cc1nn(C)c(Oc2cccnc2)c1CNC(C)CO. The highest BCUT2D eigenvalue weighted by atomic mass is 16.5. The van der Waals surface area contributed by atoms with Crippen molar-refractivity contribution in [3.05, 3.63) is 35.8 Å². The van der Waals surface area contributed by atoms with Crippen LogP contribution in [0.5, 0.6) is 11.6 Å². The summed E-state index contributed by atoms with van der Waals surface area (Å²) in [7, 11) is 1.84. The third-order valence-electron chi connectivity index (χ3n) is 3.04. The minimum Gasteiger partial charge on any atom is -0.437 e. The van der Waals surface area contributed by atoms with Crippen molar-refractivity contribution >= 4 is 0 Å². The van der Waals surface area contributed by atoms with Gasteiger partial charge in [-0.1, -0.05) is 0 Å². The molecule has 6 heteroatoms. The van der Waals surface area contributed by atoms with Gasteiger partial charge < -0.3 is 15.2 Å². The Bertz CT molecular complexity index is 554. The molecule has 2 heterocycles. The van der Waals surface area contributed by atoms with Gasteiger partial charge in [0.15, 0.2) is 0 Å². The molecule has 0 spiro atoms. The summed E-state index contributed by atoms with van der Waals surface area (Å²) in [6.45, 7) is 4.55. The zero-order valence-corrected chi connectivity index (χ0v) is 12.0. The molecule has 0 aromatic carbocycles. The molecule has 0 aliphatic carbocycles. The number of nitrogens with zero attached hydrogens (tertiary/aromatic N) is 3. The third-order valence-corrected chi connectivity index (χ3v) is 3.04. The normalized spacial score (nSPS) is 12.4. The monoisotopic (exact) mass is 276 g/mol. The van der Waals surface area contributed by atoms with Crippen LogP contribution in [-0.2, 0) is 13.6 Å². The quantitative estimate of drug-likeness (QED) is 0.834. The Morgan fingerprint density at radius 3 is 2.95 bits per heavy atom. The molecule has 0 fully saturated rings. The summed E-state index contributed by atoms with van der Waals surface area (Å²) in [5.74, 6) is 1.36. The molecule has 20 heavy (non-hydrogen) atoms. The Morgan fingerprint density at radius 1 is 1.50 bits per heavy atom.